The summed E-state index contributed by atoms with van der Waals surface area (Å²) >= 11 is 5.88. The molecule has 1 saturated heterocycles. The zero-order valence-electron chi connectivity index (χ0n) is 22.9. The smallest absolute Gasteiger partial charge is 0.226 e. The normalized spacial score (nSPS) is 16.8. The Morgan fingerprint density at radius 2 is 1.69 bits per heavy atom. The number of nitrogens with one attached hydrogen (secondary N) is 2. The van der Waals surface area contributed by atoms with Crippen molar-refractivity contribution in [1.29, 1.82) is 0 Å². The molecule has 7 heteroatoms. The van der Waals surface area contributed by atoms with Gasteiger partial charge in [-0.3, -0.25) is 9.78 Å². The minimum atomic E-state index is -0.133. The number of nitrogens with zero attached hydrogens (tertiary/aromatic N) is 3. The first kappa shape index (κ1) is 26.6. The summed E-state index contributed by atoms with van der Waals surface area (Å²) < 4.78 is 2.31. The van der Waals surface area contributed by atoms with Gasteiger partial charge in [-0.15, -0.1) is 0 Å². The van der Waals surface area contributed by atoms with E-state index in [1.165, 1.54) is 22.5 Å². The molecular weight excluding hydrogens is 502 g/mol. The molecule has 1 aliphatic rings. The van der Waals surface area contributed by atoms with Crippen molar-refractivity contribution in [3.63, 3.8) is 0 Å². The topological polar surface area (TPSA) is 62.2 Å². The zero-order chi connectivity index (χ0) is 27.5. The molecule has 0 aliphatic carbocycles. The van der Waals surface area contributed by atoms with Crippen LogP contribution in [0.15, 0.2) is 79.0 Å². The summed E-state index contributed by atoms with van der Waals surface area (Å²) in [5.74, 6) is -0.0229. The number of thiocarbonyl (C=S) groups is 1. The number of amides is 1. The number of para-hydroxylation sites is 2. The monoisotopic (exact) mass is 537 g/mol. The summed E-state index contributed by atoms with van der Waals surface area (Å²) in [4.78, 5) is 20.0. The predicted octanol–water partition coefficient (Wildman–Crippen LogP) is 6.36. The van der Waals surface area contributed by atoms with Crippen molar-refractivity contribution in [3.8, 4) is 5.69 Å². The molecule has 2 N–H and O–H groups in total. The van der Waals surface area contributed by atoms with E-state index in [9.17, 15) is 4.79 Å². The van der Waals surface area contributed by atoms with Crippen LogP contribution in [0.4, 0.5) is 5.69 Å². The van der Waals surface area contributed by atoms with E-state index in [2.05, 4.69) is 77.0 Å². The maximum atomic E-state index is 13.1. The first-order valence-electron chi connectivity index (χ1n) is 13.5. The fourth-order valence-electron chi connectivity index (χ4n) is 5.75. The Labute approximate surface area is 236 Å². The lowest BCUT2D eigenvalue weighted by Gasteiger charge is -2.29. The highest BCUT2D eigenvalue weighted by atomic mass is 32.1. The molecule has 39 heavy (non-hydrogen) atoms. The van der Waals surface area contributed by atoms with Gasteiger partial charge in [0.15, 0.2) is 5.11 Å². The highest BCUT2D eigenvalue weighted by molar-refractivity contribution is 7.80. The van der Waals surface area contributed by atoms with Crippen LogP contribution < -0.4 is 10.6 Å². The van der Waals surface area contributed by atoms with Gasteiger partial charge in [-0.1, -0.05) is 49.4 Å². The van der Waals surface area contributed by atoms with Gasteiger partial charge in [0.25, 0.3) is 0 Å². The quantitative estimate of drug-likeness (QED) is 0.256. The number of hydrogen-bond donors (Lipinski definition) is 2. The van der Waals surface area contributed by atoms with E-state index in [4.69, 9.17) is 12.2 Å². The van der Waals surface area contributed by atoms with Crippen LogP contribution >= 0.6 is 12.2 Å². The van der Waals surface area contributed by atoms with Crippen LogP contribution in [0.2, 0.25) is 0 Å². The van der Waals surface area contributed by atoms with E-state index >= 15 is 0 Å². The van der Waals surface area contributed by atoms with Gasteiger partial charge in [0.2, 0.25) is 5.91 Å². The lowest BCUT2D eigenvalue weighted by Crippen LogP contribution is -2.33. The zero-order valence-corrected chi connectivity index (χ0v) is 23.8. The Balaban J connectivity index is 1.49. The second-order valence-corrected chi connectivity index (χ2v) is 10.4. The molecule has 0 saturated carbocycles. The van der Waals surface area contributed by atoms with Gasteiger partial charge >= 0.3 is 0 Å². The van der Waals surface area contributed by atoms with Gasteiger partial charge in [-0.2, -0.15) is 0 Å². The van der Waals surface area contributed by atoms with Crippen molar-refractivity contribution in [2.45, 2.75) is 52.6 Å². The largest absolute Gasteiger partial charge is 0.352 e. The van der Waals surface area contributed by atoms with E-state index in [0.717, 1.165) is 29.1 Å². The maximum Gasteiger partial charge on any atom is 0.226 e. The Hall–Kier alpha value is -3.97. The second-order valence-electron chi connectivity index (χ2n) is 10.0. The van der Waals surface area contributed by atoms with Gasteiger partial charge < -0.3 is 20.1 Å². The van der Waals surface area contributed by atoms with Gasteiger partial charge in [0, 0.05) is 47.5 Å². The molecule has 3 heterocycles. The van der Waals surface area contributed by atoms with Crippen LogP contribution in [0.25, 0.3) is 5.69 Å². The van der Waals surface area contributed by atoms with E-state index < -0.39 is 0 Å². The maximum absolute atomic E-state index is 13.1. The summed E-state index contributed by atoms with van der Waals surface area (Å²) in [6, 6.07) is 24.1. The van der Waals surface area contributed by atoms with Crippen LogP contribution in [0.5, 0.6) is 0 Å². The number of aryl methyl sites for hydroxylation is 1. The third kappa shape index (κ3) is 5.19. The standard InChI is InChI=1S/C32H35N5OS/c1-5-24-13-9-10-16-26(24)34-28(38)18-20-36-31(30(35-32(36)39)27-17-11-12-19-33-27)29-21(2)22(3)37(23(29)4)25-14-7-6-8-15-25/h6-17,19,30-31H,5,18,20H2,1-4H3,(H,34,38)(H,35,39)/t30-,31+/m0/s1. The molecule has 0 spiro atoms. The van der Waals surface area contributed by atoms with E-state index in [1.807, 2.05) is 54.7 Å². The van der Waals surface area contributed by atoms with Crippen molar-refractivity contribution >= 4 is 28.9 Å². The first-order valence-corrected chi connectivity index (χ1v) is 13.9. The number of anilines is 1. The number of aromatic nitrogens is 2. The Kier molecular flexibility index (Phi) is 7.79. The molecule has 4 aromatic rings. The van der Waals surface area contributed by atoms with Crippen molar-refractivity contribution in [3.05, 3.63) is 113 Å². The summed E-state index contributed by atoms with van der Waals surface area (Å²) in [6.07, 6.45) is 3.00. The summed E-state index contributed by atoms with van der Waals surface area (Å²) in [7, 11) is 0. The third-order valence-corrected chi connectivity index (χ3v) is 8.12. The van der Waals surface area contributed by atoms with Gasteiger partial charge in [0.05, 0.1) is 17.8 Å². The fourth-order valence-corrected chi connectivity index (χ4v) is 6.08. The first-order chi connectivity index (χ1) is 18.9. The van der Waals surface area contributed by atoms with E-state index in [-0.39, 0.29) is 18.0 Å². The molecular formula is C32H35N5OS. The number of hydrogen-bond acceptors (Lipinski definition) is 3. The highest BCUT2D eigenvalue weighted by Gasteiger charge is 2.42. The molecule has 0 bridgehead atoms. The minimum absolute atomic E-state index is 0.0229. The number of carbonyl (C=O) groups excluding carboxylic acids is 1. The number of benzene rings is 2. The van der Waals surface area contributed by atoms with E-state index in [1.54, 1.807) is 0 Å². The van der Waals surface area contributed by atoms with Gasteiger partial charge in [0.1, 0.15) is 0 Å². The number of rotatable bonds is 8. The molecule has 2 aromatic carbocycles. The molecule has 0 radical (unpaired) electrons. The van der Waals surface area contributed by atoms with Crippen molar-refractivity contribution in [2.24, 2.45) is 0 Å². The average molecular weight is 538 g/mol. The highest BCUT2D eigenvalue weighted by Crippen LogP contribution is 2.43. The van der Waals surface area contributed by atoms with Crippen LogP contribution in [0.1, 0.15) is 59.2 Å². The Morgan fingerprint density at radius 1 is 0.974 bits per heavy atom. The molecule has 1 aliphatic heterocycles. The SMILES string of the molecule is CCc1ccccc1NC(=O)CCN1C(=S)N[C@@H](c2ccccn2)[C@H]1c1c(C)c(C)n(-c2ccccc2)c1C. The fraction of sp³-hybridized carbons (Fsp3) is 0.281. The molecule has 1 fully saturated rings. The summed E-state index contributed by atoms with van der Waals surface area (Å²) in [6.45, 7) is 9.11. The Bertz CT molecular complexity index is 1480. The van der Waals surface area contributed by atoms with Crippen LogP contribution in [-0.2, 0) is 11.2 Å². The molecule has 1 amide bonds. The van der Waals surface area contributed by atoms with Crippen molar-refractivity contribution in [1.82, 2.24) is 19.8 Å². The van der Waals surface area contributed by atoms with Crippen LogP contribution in [0, 0.1) is 20.8 Å². The lowest BCUT2D eigenvalue weighted by molar-refractivity contribution is -0.116. The van der Waals surface area contributed by atoms with Gasteiger partial charge in [-0.05, 0) is 80.9 Å². The lowest BCUT2D eigenvalue weighted by atomic mass is 9.93. The van der Waals surface area contributed by atoms with Crippen LogP contribution in [-0.4, -0.2) is 32.0 Å². The molecule has 5 rings (SSSR count). The third-order valence-electron chi connectivity index (χ3n) is 7.77. The second kappa shape index (κ2) is 11.4. The van der Waals surface area contributed by atoms with Crippen molar-refractivity contribution in [2.75, 3.05) is 11.9 Å². The summed E-state index contributed by atoms with van der Waals surface area (Å²) in [5.41, 5.74) is 8.86. The minimum Gasteiger partial charge on any atom is -0.352 e. The van der Waals surface area contributed by atoms with Crippen LogP contribution in [0.3, 0.4) is 0 Å². The number of pyridine rings is 1. The number of carbonyl (C=O) groups is 1. The molecule has 6 nitrogen and oxygen atoms in total. The summed E-state index contributed by atoms with van der Waals surface area (Å²) in [5, 5.41) is 7.29. The molecule has 2 atom stereocenters. The van der Waals surface area contributed by atoms with Gasteiger partial charge in [-0.25, -0.2) is 0 Å². The average Bonchev–Trinajstić information content (AvgIpc) is 3.39. The molecule has 0 unspecified atom stereocenters. The molecule has 200 valence electrons. The predicted molar refractivity (Wildman–Crippen MR) is 161 cm³/mol. The Morgan fingerprint density at radius 3 is 2.41 bits per heavy atom. The molecule has 2 aromatic heterocycles. The van der Waals surface area contributed by atoms with Crippen molar-refractivity contribution < 1.29 is 4.79 Å². The van der Waals surface area contributed by atoms with E-state index in [0.29, 0.717) is 18.1 Å².